The van der Waals surface area contributed by atoms with Crippen LogP contribution >= 0.6 is 0 Å². The lowest BCUT2D eigenvalue weighted by atomic mass is 9.59. The van der Waals surface area contributed by atoms with Gasteiger partial charge in [-0.3, -0.25) is 0 Å². The average molecular weight is 327 g/mol. The fraction of sp³-hybridized carbons (Fsp3) is 1.00. The van der Waals surface area contributed by atoms with Crippen molar-refractivity contribution in [1.82, 2.24) is 10.6 Å². The summed E-state index contributed by atoms with van der Waals surface area (Å²) >= 11 is 0. The van der Waals surface area contributed by atoms with E-state index >= 15 is 0 Å². The second kappa shape index (κ2) is 6.33. The van der Waals surface area contributed by atoms with Gasteiger partial charge in [0.05, 0.1) is 0 Å². The summed E-state index contributed by atoms with van der Waals surface area (Å²) in [5.41, 5.74) is 0.677. The molecule has 0 heterocycles. The molecule has 0 aromatic rings. The molecule has 140 valence electrons. The minimum absolute atomic E-state index is 0.0559. The number of rotatable bonds is 6. The Kier molecular flexibility index (Phi) is 6.31. The van der Waals surface area contributed by atoms with Gasteiger partial charge in [-0.2, -0.15) is 0 Å². The van der Waals surface area contributed by atoms with Crippen molar-refractivity contribution in [1.29, 1.82) is 0 Å². The van der Waals surface area contributed by atoms with E-state index in [1.165, 1.54) is 0 Å². The Balaban J connectivity index is 5.41. The van der Waals surface area contributed by atoms with Gasteiger partial charge in [-0.15, -0.1) is 0 Å². The van der Waals surface area contributed by atoms with Crippen LogP contribution in [0, 0.1) is 10.8 Å². The Labute approximate surface area is 147 Å². The topological polar surface area (TPSA) is 24.1 Å². The SMILES string of the molecule is CC(C)(C)NC(C)(C)C(C)(C)CC(C)(C)C(C)(C)NC(C)(C)C. The van der Waals surface area contributed by atoms with Crippen LogP contribution in [0.3, 0.4) is 0 Å². The zero-order chi connectivity index (χ0) is 19.1. The normalized spacial score (nSPS) is 15.9. The summed E-state index contributed by atoms with van der Waals surface area (Å²) in [4.78, 5) is 0. The molecule has 2 N–H and O–H groups in total. The maximum Gasteiger partial charge on any atom is 0.0181 e. The van der Waals surface area contributed by atoms with Crippen molar-refractivity contribution in [3.63, 3.8) is 0 Å². The third kappa shape index (κ3) is 6.74. The van der Waals surface area contributed by atoms with E-state index in [0.29, 0.717) is 0 Å². The highest BCUT2D eigenvalue weighted by molar-refractivity contribution is 5.04. The van der Waals surface area contributed by atoms with E-state index in [-0.39, 0.29) is 33.0 Å². The van der Waals surface area contributed by atoms with Gasteiger partial charge in [0.25, 0.3) is 0 Å². The van der Waals surface area contributed by atoms with Crippen LogP contribution in [0.4, 0.5) is 0 Å². The molecule has 0 aromatic heterocycles. The monoisotopic (exact) mass is 326 g/mol. The second-order valence-electron chi connectivity index (χ2n) is 11.9. The molecule has 0 bridgehead atoms. The van der Waals surface area contributed by atoms with Crippen molar-refractivity contribution >= 4 is 0 Å². The minimum atomic E-state index is 0.0559. The van der Waals surface area contributed by atoms with Gasteiger partial charge in [-0.05, 0) is 86.5 Å². The fourth-order valence-corrected chi connectivity index (χ4v) is 3.76. The molecule has 0 aromatic carbocycles. The third-order valence-electron chi connectivity index (χ3n) is 5.64. The van der Waals surface area contributed by atoms with Crippen LogP contribution in [0.5, 0.6) is 0 Å². The maximum atomic E-state index is 3.84. The van der Waals surface area contributed by atoms with Gasteiger partial charge in [0, 0.05) is 22.2 Å². The van der Waals surface area contributed by atoms with Crippen LogP contribution in [0.1, 0.15) is 103 Å². The second-order valence-corrected chi connectivity index (χ2v) is 11.9. The largest absolute Gasteiger partial charge is 0.307 e. The van der Waals surface area contributed by atoms with Crippen molar-refractivity contribution in [3.8, 4) is 0 Å². The summed E-state index contributed by atoms with van der Waals surface area (Å²) in [6.07, 6.45) is 1.14. The number of hydrogen-bond acceptors (Lipinski definition) is 2. The standard InChI is InChI=1S/C21H46N2/c1-16(2,3)22-20(11,12)18(7,8)15-19(9,10)21(13,14)23-17(4,5)6/h22-23H,15H2,1-14H3. The van der Waals surface area contributed by atoms with E-state index in [4.69, 9.17) is 0 Å². The molecule has 0 radical (unpaired) electrons. The molecule has 0 aliphatic rings. The van der Waals surface area contributed by atoms with Gasteiger partial charge in [0.1, 0.15) is 0 Å². The van der Waals surface area contributed by atoms with Crippen molar-refractivity contribution in [2.45, 2.75) is 126 Å². The molecule has 0 rings (SSSR count). The first-order valence-corrected chi connectivity index (χ1v) is 9.21. The molecular formula is C21H46N2. The van der Waals surface area contributed by atoms with Crippen molar-refractivity contribution in [2.75, 3.05) is 0 Å². The van der Waals surface area contributed by atoms with Gasteiger partial charge in [0.15, 0.2) is 0 Å². The Morgan fingerprint density at radius 2 is 0.652 bits per heavy atom. The predicted octanol–water partition coefficient (Wildman–Crippen LogP) is 5.76. The summed E-state index contributed by atoms with van der Waals surface area (Å²) in [6, 6.07) is 0. The predicted molar refractivity (Wildman–Crippen MR) is 106 cm³/mol. The van der Waals surface area contributed by atoms with E-state index in [0.717, 1.165) is 6.42 Å². The summed E-state index contributed by atoms with van der Waals surface area (Å²) in [5, 5.41) is 7.68. The first-order valence-electron chi connectivity index (χ1n) is 9.21. The molecule has 0 saturated carbocycles. The molecule has 2 nitrogen and oxygen atoms in total. The molecule has 0 amide bonds. The van der Waals surface area contributed by atoms with Crippen LogP contribution in [0.25, 0.3) is 0 Å². The molecule has 0 fully saturated rings. The van der Waals surface area contributed by atoms with Crippen molar-refractivity contribution < 1.29 is 0 Å². The van der Waals surface area contributed by atoms with Gasteiger partial charge in [0.2, 0.25) is 0 Å². The maximum absolute atomic E-state index is 3.84. The lowest BCUT2D eigenvalue weighted by Crippen LogP contribution is -2.63. The van der Waals surface area contributed by atoms with E-state index in [1.54, 1.807) is 0 Å². The molecule has 0 aliphatic carbocycles. The molecule has 2 heteroatoms. The molecule has 23 heavy (non-hydrogen) atoms. The van der Waals surface area contributed by atoms with Crippen LogP contribution < -0.4 is 10.6 Å². The van der Waals surface area contributed by atoms with Crippen LogP contribution in [0.2, 0.25) is 0 Å². The molecule has 0 spiro atoms. The summed E-state index contributed by atoms with van der Waals surface area (Å²) in [6.45, 7) is 32.5. The van der Waals surface area contributed by atoms with Crippen molar-refractivity contribution in [2.24, 2.45) is 10.8 Å². The highest BCUT2D eigenvalue weighted by Crippen LogP contribution is 2.47. The Bertz CT molecular complexity index is 349. The quantitative estimate of drug-likeness (QED) is 0.648. The summed E-state index contributed by atoms with van der Waals surface area (Å²) in [7, 11) is 0. The van der Waals surface area contributed by atoms with Crippen LogP contribution in [-0.4, -0.2) is 22.2 Å². The van der Waals surface area contributed by atoms with Gasteiger partial charge in [-0.25, -0.2) is 0 Å². The molecule has 0 unspecified atom stereocenters. The first kappa shape index (κ1) is 22.9. The fourth-order valence-electron chi connectivity index (χ4n) is 3.76. The number of hydrogen-bond donors (Lipinski definition) is 2. The molecule has 0 aliphatic heterocycles. The van der Waals surface area contributed by atoms with E-state index in [2.05, 4.69) is 108 Å². The summed E-state index contributed by atoms with van der Waals surface area (Å²) in [5.74, 6) is 0. The highest BCUT2D eigenvalue weighted by atomic mass is 15.1. The van der Waals surface area contributed by atoms with E-state index in [1.807, 2.05) is 0 Å². The Morgan fingerprint density at radius 3 is 0.826 bits per heavy atom. The zero-order valence-electron chi connectivity index (χ0n) is 18.7. The Morgan fingerprint density at radius 1 is 0.435 bits per heavy atom. The number of nitrogens with one attached hydrogen (secondary N) is 2. The van der Waals surface area contributed by atoms with Crippen molar-refractivity contribution in [3.05, 3.63) is 0 Å². The van der Waals surface area contributed by atoms with Crippen LogP contribution in [0.15, 0.2) is 0 Å². The van der Waals surface area contributed by atoms with Gasteiger partial charge in [-0.1, -0.05) is 27.7 Å². The molecule has 0 saturated heterocycles. The molecule has 0 atom stereocenters. The zero-order valence-corrected chi connectivity index (χ0v) is 18.7. The van der Waals surface area contributed by atoms with Gasteiger partial charge >= 0.3 is 0 Å². The molecular weight excluding hydrogens is 280 g/mol. The van der Waals surface area contributed by atoms with E-state index in [9.17, 15) is 0 Å². The third-order valence-corrected chi connectivity index (χ3v) is 5.64. The Hall–Kier alpha value is -0.0800. The van der Waals surface area contributed by atoms with E-state index < -0.39 is 0 Å². The minimum Gasteiger partial charge on any atom is -0.307 e. The first-order chi connectivity index (χ1) is 9.62. The lowest BCUT2D eigenvalue weighted by molar-refractivity contribution is 0.0186. The average Bonchev–Trinajstić information content (AvgIpc) is 2.05. The smallest absolute Gasteiger partial charge is 0.0181 e. The summed E-state index contributed by atoms with van der Waals surface area (Å²) < 4.78 is 0. The highest BCUT2D eigenvalue weighted by Gasteiger charge is 2.47. The van der Waals surface area contributed by atoms with Gasteiger partial charge < -0.3 is 10.6 Å². The van der Waals surface area contributed by atoms with Crippen LogP contribution in [-0.2, 0) is 0 Å². The lowest BCUT2D eigenvalue weighted by Gasteiger charge is -2.54.